The van der Waals surface area contributed by atoms with Crippen LogP contribution in [0.1, 0.15) is 46.5 Å². The number of piperidine rings is 1. The summed E-state index contributed by atoms with van der Waals surface area (Å²) < 4.78 is 26.6. The van der Waals surface area contributed by atoms with E-state index in [-0.39, 0.29) is 11.5 Å². The minimum atomic E-state index is -3.15. The number of sulfonamides is 1. The Balaban J connectivity index is 2.20. The maximum absolute atomic E-state index is 12.7. The zero-order chi connectivity index (χ0) is 12.9. The van der Waals surface area contributed by atoms with E-state index < -0.39 is 14.8 Å². The van der Waals surface area contributed by atoms with E-state index in [0.717, 1.165) is 25.7 Å². The molecule has 1 aliphatic carbocycles. The van der Waals surface area contributed by atoms with Crippen molar-refractivity contribution >= 4 is 10.0 Å². The molecule has 4 nitrogen and oxygen atoms in total. The summed E-state index contributed by atoms with van der Waals surface area (Å²) in [7, 11) is -3.15. The molecule has 17 heavy (non-hydrogen) atoms. The Morgan fingerprint density at radius 2 is 1.65 bits per heavy atom. The van der Waals surface area contributed by atoms with Gasteiger partial charge < -0.3 is 5.73 Å². The van der Waals surface area contributed by atoms with Crippen LogP contribution in [0.5, 0.6) is 0 Å². The second kappa shape index (κ2) is 3.93. The van der Waals surface area contributed by atoms with E-state index in [9.17, 15) is 8.42 Å². The Kier molecular flexibility index (Phi) is 3.08. The van der Waals surface area contributed by atoms with Gasteiger partial charge in [0.25, 0.3) is 0 Å². The first-order chi connectivity index (χ1) is 7.71. The molecule has 2 fully saturated rings. The van der Waals surface area contributed by atoms with Crippen molar-refractivity contribution < 1.29 is 8.42 Å². The van der Waals surface area contributed by atoms with Gasteiger partial charge in [0.05, 0.1) is 4.75 Å². The summed E-state index contributed by atoms with van der Waals surface area (Å²) in [5.74, 6) is 0. The highest BCUT2D eigenvalue weighted by Gasteiger charge is 2.63. The van der Waals surface area contributed by atoms with E-state index >= 15 is 0 Å². The molecule has 2 rings (SSSR count). The van der Waals surface area contributed by atoms with Crippen molar-refractivity contribution in [2.45, 2.75) is 57.2 Å². The molecule has 2 N–H and O–H groups in total. The quantitative estimate of drug-likeness (QED) is 0.814. The first kappa shape index (κ1) is 13.3. The Bertz CT molecular complexity index is 385. The fraction of sp³-hybridized carbons (Fsp3) is 1.00. The fourth-order valence-electron chi connectivity index (χ4n) is 2.87. The summed E-state index contributed by atoms with van der Waals surface area (Å²) in [6, 6.07) is 0.172. The summed E-state index contributed by atoms with van der Waals surface area (Å²) in [6.07, 6.45) is 3.20. The molecule has 100 valence electrons. The van der Waals surface area contributed by atoms with Crippen LogP contribution in [0.25, 0.3) is 0 Å². The molecular weight excluding hydrogens is 236 g/mol. The van der Waals surface area contributed by atoms with Crippen molar-refractivity contribution in [3.63, 3.8) is 0 Å². The maximum atomic E-state index is 12.7. The molecule has 1 aliphatic heterocycles. The van der Waals surface area contributed by atoms with E-state index in [4.69, 9.17) is 5.73 Å². The molecule has 2 aliphatic rings. The van der Waals surface area contributed by atoms with Crippen molar-refractivity contribution in [1.29, 1.82) is 0 Å². The molecule has 0 aromatic carbocycles. The van der Waals surface area contributed by atoms with Crippen LogP contribution in [0, 0.1) is 5.41 Å². The fourth-order valence-corrected chi connectivity index (χ4v) is 5.45. The monoisotopic (exact) mass is 260 g/mol. The van der Waals surface area contributed by atoms with Crippen LogP contribution >= 0.6 is 0 Å². The van der Waals surface area contributed by atoms with Gasteiger partial charge in [-0.05, 0) is 31.1 Å². The van der Waals surface area contributed by atoms with Gasteiger partial charge in [-0.1, -0.05) is 20.8 Å². The van der Waals surface area contributed by atoms with Gasteiger partial charge in [0.1, 0.15) is 0 Å². The highest BCUT2D eigenvalue weighted by atomic mass is 32.2. The first-order valence-electron chi connectivity index (χ1n) is 6.46. The van der Waals surface area contributed by atoms with Crippen molar-refractivity contribution in [1.82, 2.24) is 4.31 Å². The van der Waals surface area contributed by atoms with E-state index in [1.165, 1.54) is 0 Å². The van der Waals surface area contributed by atoms with E-state index in [1.807, 2.05) is 20.8 Å². The highest BCUT2D eigenvalue weighted by molar-refractivity contribution is 7.90. The van der Waals surface area contributed by atoms with Crippen LogP contribution in [-0.4, -0.2) is 36.6 Å². The Hall–Kier alpha value is -0.130. The summed E-state index contributed by atoms with van der Waals surface area (Å²) >= 11 is 0. The summed E-state index contributed by atoms with van der Waals surface area (Å²) in [5.41, 5.74) is 5.65. The van der Waals surface area contributed by atoms with Gasteiger partial charge in [-0.15, -0.1) is 0 Å². The Morgan fingerprint density at radius 3 is 2.00 bits per heavy atom. The molecule has 0 amide bonds. The standard InChI is InChI=1S/C12H24N2O2S/c1-11(2,3)12(6-7-12)17(15,16)14-8-4-10(13)5-9-14/h10H,4-9,13H2,1-3H3. The molecule has 0 aromatic rings. The molecule has 0 unspecified atom stereocenters. The van der Waals surface area contributed by atoms with Gasteiger partial charge >= 0.3 is 0 Å². The van der Waals surface area contributed by atoms with E-state index in [0.29, 0.717) is 13.1 Å². The highest BCUT2D eigenvalue weighted by Crippen LogP contribution is 2.56. The summed E-state index contributed by atoms with van der Waals surface area (Å²) in [5, 5.41) is 0. The lowest BCUT2D eigenvalue weighted by molar-refractivity contribution is 0.291. The Morgan fingerprint density at radius 1 is 1.18 bits per heavy atom. The van der Waals surface area contributed by atoms with Gasteiger partial charge in [0.15, 0.2) is 0 Å². The molecule has 0 bridgehead atoms. The minimum absolute atomic E-state index is 0.172. The molecule has 1 heterocycles. The lowest BCUT2D eigenvalue weighted by Gasteiger charge is -2.38. The molecular formula is C12H24N2O2S. The second-order valence-electron chi connectivity index (χ2n) is 6.49. The molecule has 0 radical (unpaired) electrons. The van der Waals surface area contributed by atoms with Gasteiger partial charge in [-0.25, -0.2) is 12.7 Å². The third-order valence-corrected chi connectivity index (χ3v) is 7.46. The zero-order valence-electron chi connectivity index (χ0n) is 11.1. The third kappa shape index (κ3) is 2.02. The van der Waals surface area contributed by atoms with E-state index in [2.05, 4.69) is 0 Å². The number of rotatable bonds is 2. The van der Waals surface area contributed by atoms with Crippen molar-refractivity contribution in [2.24, 2.45) is 11.1 Å². The lowest BCUT2D eigenvalue weighted by atomic mass is 9.90. The maximum Gasteiger partial charge on any atom is 0.220 e. The topological polar surface area (TPSA) is 63.4 Å². The molecule has 0 aromatic heterocycles. The van der Waals surface area contributed by atoms with Crippen LogP contribution in [-0.2, 0) is 10.0 Å². The number of nitrogens with zero attached hydrogens (tertiary/aromatic N) is 1. The SMILES string of the molecule is CC(C)(C)C1(S(=O)(=O)N2CCC(N)CC2)CC1. The zero-order valence-corrected chi connectivity index (χ0v) is 11.9. The van der Waals surface area contributed by atoms with Crippen molar-refractivity contribution in [3.05, 3.63) is 0 Å². The van der Waals surface area contributed by atoms with Crippen LogP contribution in [0.2, 0.25) is 0 Å². The number of hydrogen-bond acceptors (Lipinski definition) is 3. The average Bonchev–Trinajstić information content (AvgIpc) is 2.97. The van der Waals surface area contributed by atoms with Gasteiger partial charge in [0, 0.05) is 19.1 Å². The van der Waals surface area contributed by atoms with Gasteiger partial charge in [-0.2, -0.15) is 0 Å². The van der Waals surface area contributed by atoms with Crippen LogP contribution in [0.4, 0.5) is 0 Å². The van der Waals surface area contributed by atoms with Gasteiger partial charge in [0.2, 0.25) is 10.0 Å². The lowest BCUT2D eigenvalue weighted by Crippen LogP contribution is -2.50. The summed E-state index contributed by atoms with van der Waals surface area (Å²) in [4.78, 5) is 0. The normalized spacial score (nSPS) is 27.1. The molecule has 1 saturated heterocycles. The average molecular weight is 260 g/mol. The van der Waals surface area contributed by atoms with Crippen molar-refractivity contribution in [2.75, 3.05) is 13.1 Å². The second-order valence-corrected chi connectivity index (χ2v) is 8.73. The molecule has 0 spiro atoms. The third-order valence-electron chi connectivity index (χ3n) is 4.40. The van der Waals surface area contributed by atoms with Crippen molar-refractivity contribution in [3.8, 4) is 0 Å². The Labute approximate surface area is 105 Å². The predicted octanol–water partition coefficient (Wildman–Crippen LogP) is 1.32. The molecule has 5 heteroatoms. The van der Waals surface area contributed by atoms with Crippen LogP contribution in [0.3, 0.4) is 0 Å². The molecule has 0 atom stereocenters. The number of hydrogen-bond donors (Lipinski definition) is 1. The summed E-state index contributed by atoms with van der Waals surface area (Å²) in [6.45, 7) is 7.30. The van der Waals surface area contributed by atoms with E-state index in [1.54, 1.807) is 4.31 Å². The largest absolute Gasteiger partial charge is 0.328 e. The number of nitrogens with two attached hydrogens (primary N) is 1. The predicted molar refractivity (Wildman–Crippen MR) is 69.1 cm³/mol. The molecule has 1 saturated carbocycles. The minimum Gasteiger partial charge on any atom is -0.328 e. The van der Waals surface area contributed by atoms with Crippen LogP contribution < -0.4 is 5.73 Å². The van der Waals surface area contributed by atoms with Crippen LogP contribution in [0.15, 0.2) is 0 Å². The smallest absolute Gasteiger partial charge is 0.220 e. The first-order valence-corrected chi connectivity index (χ1v) is 7.90. The van der Waals surface area contributed by atoms with Gasteiger partial charge in [-0.3, -0.25) is 0 Å².